The number of allylic oxidation sites excluding steroid dienone is 1. The zero-order valence-corrected chi connectivity index (χ0v) is 20.3. The number of carbonyl (C=O) groups is 1. The van der Waals surface area contributed by atoms with Crippen LogP contribution in [0.15, 0.2) is 24.5 Å². The molecule has 1 aliphatic carbocycles. The fourth-order valence-electron chi connectivity index (χ4n) is 5.44. The van der Waals surface area contributed by atoms with Crippen LogP contribution in [0.4, 0.5) is 0 Å². The standard InChI is InChI=1S/C27H45N3O/c1-21(2)26-18-28-30(20-26)19-24-13-16-29(17-14-24)15-7-5-6-8-23-9-11-25(12-10-23)27(31)22(3)4/h18,20-21,23-25H,3,5-17,19H2,1-2,4H3/t23-,25+. The summed E-state index contributed by atoms with van der Waals surface area (Å²) in [4.78, 5) is 14.8. The quantitative estimate of drug-likeness (QED) is 0.310. The molecule has 0 aromatic carbocycles. The number of unbranched alkanes of at least 4 members (excludes halogenated alkanes) is 2. The smallest absolute Gasteiger partial charge is 0.161 e. The second-order valence-electron chi connectivity index (χ2n) is 10.6. The van der Waals surface area contributed by atoms with Crippen LogP contribution in [0, 0.1) is 17.8 Å². The Morgan fingerprint density at radius 2 is 1.77 bits per heavy atom. The van der Waals surface area contributed by atoms with Gasteiger partial charge in [-0.3, -0.25) is 9.48 Å². The molecule has 31 heavy (non-hydrogen) atoms. The fourth-order valence-corrected chi connectivity index (χ4v) is 5.44. The molecule has 1 aromatic rings. The molecule has 2 aliphatic rings. The highest BCUT2D eigenvalue weighted by molar-refractivity contribution is 5.96. The van der Waals surface area contributed by atoms with Crippen LogP contribution >= 0.6 is 0 Å². The van der Waals surface area contributed by atoms with Crippen molar-refractivity contribution in [2.45, 2.75) is 97.4 Å². The number of aromatic nitrogens is 2. The molecule has 2 fully saturated rings. The van der Waals surface area contributed by atoms with Gasteiger partial charge in [-0.25, -0.2) is 0 Å². The van der Waals surface area contributed by atoms with Gasteiger partial charge in [0.1, 0.15) is 0 Å². The fraction of sp³-hybridized carbons (Fsp3) is 0.778. The first-order valence-corrected chi connectivity index (χ1v) is 12.9. The summed E-state index contributed by atoms with van der Waals surface area (Å²) in [5.41, 5.74) is 2.10. The molecule has 4 nitrogen and oxygen atoms in total. The summed E-state index contributed by atoms with van der Waals surface area (Å²) >= 11 is 0. The van der Waals surface area contributed by atoms with Crippen molar-refractivity contribution in [1.29, 1.82) is 0 Å². The van der Waals surface area contributed by atoms with Gasteiger partial charge in [-0.05, 0) is 100 Å². The van der Waals surface area contributed by atoms with Gasteiger partial charge >= 0.3 is 0 Å². The number of likely N-dealkylation sites (tertiary alicyclic amines) is 1. The van der Waals surface area contributed by atoms with Crippen LogP contribution in [0.2, 0.25) is 0 Å². The first-order chi connectivity index (χ1) is 14.9. The number of Topliss-reactive ketones (excluding diaryl/α,β-unsaturated/α-hetero) is 1. The normalized spacial score (nSPS) is 23.4. The third-order valence-electron chi connectivity index (χ3n) is 7.70. The largest absolute Gasteiger partial charge is 0.303 e. The molecule has 174 valence electrons. The van der Waals surface area contributed by atoms with Crippen LogP contribution in [0.25, 0.3) is 0 Å². The van der Waals surface area contributed by atoms with E-state index in [0.29, 0.717) is 11.7 Å². The van der Waals surface area contributed by atoms with Crippen molar-refractivity contribution < 1.29 is 4.79 Å². The van der Waals surface area contributed by atoms with Crippen molar-refractivity contribution in [3.63, 3.8) is 0 Å². The summed E-state index contributed by atoms with van der Waals surface area (Å²) in [6.07, 6.45) is 17.0. The molecule has 2 heterocycles. The Kier molecular flexibility index (Phi) is 9.37. The average Bonchev–Trinajstić information content (AvgIpc) is 3.23. The number of ketones is 1. The molecule has 0 N–H and O–H groups in total. The monoisotopic (exact) mass is 427 g/mol. The van der Waals surface area contributed by atoms with Crippen molar-refractivity contribution in [3.8, 4) is 0 Å². The van der Waals surface area contributed by atoms with E-state index in [1.165, 1.54) is 76.6 Å². The molecular formula is C27H45N3O. The lowest BCUT2D eigenvalue weighted by Gasteiger charge is -2.32. The first-order valence-electron chi connectivity index (χ1n) is 12.9. The van der Waals surface area contributed by atoms with Crippen molar-refractivity contribution in [3.05, 3.63) is 30.1 Å². The molecule has 0 unspecified atom stereocenters. The summed E-state index contributed by atoms with van der Waals surface area (Å²) < 4.78 is 2.16. The predicted molar refractivity (Wildman–Crippen MR) is 129 cm³/mol. The van der Waals surface area contributed by atoms with E-state index in [1.807, 2.05) is 13.1 Å². The SMILES string of the molecule is C=C(C)C(=O)[C@H]1CC[C@@H](CCCCCN2CCC(Cn3cc(C(C)C)cn3)CC2)CC1. The molecule has 4 heteroatoms. The zero-order chi connectivity index (χ0) is 22.2. The second-order valence-corrected chi connectivity index (χ2v) is 10.6. The Bertz CT molecular complexity index is 691. The zero-order valence-electron chi connectivity index (χ0n) is 20.3. The average molecular weight is 428 g/mol. The summed E-state index contributed by atoms with van der Waals surface area (Å²) in [5.74, 6) is 2.78. The second kappa shape index (κ2) is 12.0. The first kappa shape index (κ1) is 24.2. The van der Waals surface area contributed by atoms with Crippen molar-refractivity contribution >= 4 is 5.78 Å². The number of nitrogens with zero attached hydrogens (tertiary/aromatic N) is 3. The van der Waals surface area contributed by atoms with E-state index >= 15 is 0 Å². The van der Waals surface area contributed by atoms with E-state index in [4.69, 9.17) is 0 Å². The number of hydrogen-bond donors (Lipinski definition) is 0. The number of carbonyl (C=O) groups excluding carboxylic acids is 1. The molecule has 0 radical (unpaired) electrons. The van der Waals surface area contributed by atoms with Gasteiger partial charge in [0.05, 0.1) is 6.20 Å². The number of rotatable bonds is 11. The van der Waals surface area contributed by atoms with Gasteiger partial charge in [-0.1, -0.05) is 39.7 Å². The Morgan fingerprint density at radius 1 is 1.06 bits per heavy atom. The van der Waals surface area contributed by atoms with Crippen LogP contribution in [0.3, 0.4) is 0 Å². The predicted octanol–water partition coefficient (Wildman–Crippen LogP) is 6.23. The molecule has 1 saturated carbocycles. The molecule has 1 saturated heterocycles. The van der Waals surface area contributed by atoms with E-state index in [0.717, 1.165) is 36.8 Å². The minimum Gasteiger partial charge on any atom is -0.303 e. The van der Waals surface area contributed by atoms with Crippen LogP contribution in [-0.4, -0.2) is 40.1 Å². The number of piperidine rings is 1. The van der Waals surface area contributed by atoms with E-state index in [-0.39, 0.29) is 5.92 Å². The van der Waals surface area contributed by atoms with Crippen LogP contribution < -0.4 is 0 Å². The van der Waals surface area contributed by atoms with Gasteiger partial charge in [0.2, 0.25) is 0 Å². The summed E-state index contributed by atoms with van der Waals surface area (Å²) in [5, 5.41) is 4.56. The minimum atomic E-state index is 0.266. The molecule has 1 aromatic heterocycles. The molecule has 0 spiro atoms. The lowest BCUT2D eigenvalue weighted by atomic mass is 9.77. The minimum absolute atomic E-state index is 0.266. The Morgan fingerprint density at radius 3 is 2.39 bits per heavy atom. The van der Waals surface area contributed by atoms with Crippen molar-refractivity contribution in [2.24, 2.45) is 17.8 Å². The summed E-state index contributed by atoms with van der Waals surface area (Å²) in [7, 11) is 0. The van der Waals surface area contributed by atoms with E-state index in [1.54, 1.807) is 0 Å². The maximum atomic E-state index is 12.1. The molecule has 1 aliphatic heterocycles. The molecule has 0 amide bonds. The highest BCUT2D eigenvalue weighted by atomic mass is 16.1. The van der Waals surface area contributed by atoms with Gasteiger partial charge in [0, 0.05) is 18.7 Å². The topological polar surface area (TPSA) is 38.1 Å². The highest BCUT2D eigenvalue weighted by Gasteiger charge is 2.26. The van der Waals surface area contributed by atoms with E-state index in [2.05, 4.69) is 41.3 Å². The molecule has 0 atom stereocenters. The van der Waals surface area contributed by atoms with Crippen molar-refractivity contribution in [1.82, 2.24) is 14.7 Å². The Balaban J connectivity index is 1.22. The van der Waals surface area contributed by atoms with Crippen molar-refractivity contribution in [2.75, 3.05) is 19.6 Å². The van der Waals surface area contributed by atoms with Gasteiger partial charge in [0.15, 0.2) is 5.78 Å². The molecule has 3 rings (SSSR count). The highest BCUT2D eigenvalue weighted by Crippen LogP contribution is 2.33. The third-order valence-corrected chi connectivity index (χ3v) is 7.70. The van der Waals surface area contributed by atoms with Crippen LogP contribution in [-0.2, 0) is 11.3 Å². The number of hydrogen-bond acceptors (Lipinski definition) is 3. The summed E-state index contributed by atoms with van der Waals surface area (Å²) in [6, 6.07) is 0. The van der Waals surface area contributed by atoms with E-state index < -0.39 is 0 Å². The van der Waals surface area contributed by atoms with Gasteiger partial charge in [0.25, 0.3) is 0 Å². The molecule has 0 bridgehead atoms. The van der Waals surface area contributed by atoms with Gasteiger partial charge in [-0.2, -0.15) is 5.10 Å². The lowest BCUT2D eigenvalue weighted by Crippen LogP contribution is -2.35. The molecular weight excluding hydrogens is 382 g/mol. The van der Waals surface area contributed by atoms with Gasteiger partial charge < -0.3 is 4.90 Å². The third kappa shape index (κ3) is 7.59. The van der Waals surface area contributed by atoms with Crippen LogP contribution in [0.1, 0.15) is 96.5 Å². The van der Waals surface area contributed by atoms with Crippen LogP contribution in [0.5, 0.6) is 0 Å². The Labute approximate surface area is 190 Å². The lowest BCUT2D eigenvalue weighted by molar-refractivity contribution is -0.120. The van der Waals surface area contributed by atoms with Gasteiger partial charge in [-0.15, -0.1) is 0 Å². The van der Waals surface area contributed by atoms with E-state index in [9.17, 15) is 4.79 Å². The maximum absolute atomic E-state index is 12.1. The Hall–Kier alpha value is -1.42. The summed E-state index contributed by atoms with van der Waals surface area (Å²) in [6.45, 7) is 15.0. The maximum Gasteiger partial charge on any atom is 0.161 e.